The molecule has 1 rings (SSSR count). The van der Waals surface area contributed by atoms with E-state index in [0.29, 0.717) is 5.69 Å². The molecule has 0 radical (unpaired) electrons. The number of alkyl halides is 2. The number of aryl methyl sites for hydroxylation is 1. The van der Waals surface area contributed by atoms with Crippen molar-refractivity contribution < 1.29 is 4.79 Å². The Balaban J connectivity index is 2.76. The van der Waals surface area contributed by atoms with E-state index >= 15 is 0 Å². The lowest BCUT2D eigenvalue weighted by molar-refractivity contribution is 0.0911. The van der Waals surface area contributed by atoms with Crippen LogP contribution in [0.1, 0.15) is 28.8 Å². The molecule has 16 heavy (non-hydrogen) atoms. The van der Waals surface area contributed by atoms with Crippen LogP contribution in [0.25, 0.3) is 0 Å². The van der Waals surface area contributed by atoms with Gasteiger partial charge in [-0.1, -0.05) is 38.8 Å². The maximum absolute atomic E-state index is 11.9. The van der Waals surface area contributed by atoms with E-state index in [1.807, 2.05) is 6.92 Å². The Kier molecular flexibility index (Phi) is 5.40. The Labute approximate surface area is 116 Å². The molecule has 0 atom stereocenters. The Hall–Kier alpha value is 0.0600. The predicted molar refractivity (Wildman–Crippen MR) is 74.9 cm³/mol. The van der Waals surface area contributed by atoms with Gasteiger partial charge in [0.15, 0.2) is 0 Å². The molecule has 0 aromatic carbocycles. The largest absolute Gasteiger partial charge is 0.344 e. The molecule has 0 aliphatic rings. The number of carbonyl (C=O) groups excluding carboxylic acids is 1. The Morgan fingerprint density at radius 2 is 2.19 bits per heavy atom. The second kappa shape index (κ2) is 6.12. The summed E-state index contributed by atoms with van der Waals surface area (Å²) >= 11 is 8.36. The fourth-order valence-corrected chi connectivity index (χ4v) is 3.75. The predicted octanol–water partition coefficient (Wildman–Crippen LogP) is 3.12. The van der Waals surface area contributed by atoms with Crippen molar-refractivity contribution in [3.63, 3.8) is 0 Å². The van der Waals surface area contributed by atoms with Gasteiger partial charge in [0, 0.05) is 16.0 Å². The molecule has 1 heterocycles. The molecule has 1 aromatic heterocycles. The number of nitrogens with zero attached hydrogens (tertiary/aromatic N) is 1. The first-order valence-electron chi connectivity index (χ1n) is 4.93. The van der Waals surface area contributed by atoms with Gasteiger partial charge in [-0.25, -0.2) is 4.98 Å². The molecule has 0 aliphatic carbocycles. The number of hydrogen-bond acceptors (Lipinski definition) is 3. The number of aromatic nitrogens is 1. The summed E-state index contributed by atoms with van der Waals surface area (Å²) < 4.78 is 0. The molecule has 0 fully saturated rings. The molecule has 0 unspecified atom stereocenters. The van der Waals surface area contributed by atoms with Crippen LogP contribution >= 0.6 is 43.2 Å². The first-order valence-corrected chi connectivity index (χ1v) is 8.05. The van der Waals surface area contributed by atoms with E-state index in [9.17, 15) is 4.79 Å². The van der Waals surface area contributed by atoms with E-state index in [2.05, 4.69) is 49.1 Å². The van der Waals surface area contributed by atoms with Crippen LogP contribution in [0.4, 0.5) is 0 Å². The average molecular weight is 370 g/mol. The van der Waals surface area contributed by atoms with Crippen molar-refractivity contribution >= 4 is 49.1 Å². The Morgan fingerprint density at radius 3 is 2.56 bits per heavy atom. The van der Waals surface area contributed by atoms with Gasteiger partial charge in [0.2, 0.25) is 0 Å². The molecule has 0 saturated heterocycles. The third kappa shape index (κ3) is 3.28. The lowest BCUT2D eigenvalue weighted by Gasteiger charge is -2.29. The fraction of sp³-hybridized carbons (Fsp3) is 0.600. The molecule has 1 amide bonds. The van der Waals surface area contributed by atoms with Crippen molar-refractivity contribution in [2.45, 2.75) is 25.8 Å². The third-order valence-electron chi connectivity index (χ3n) is 2.42. The summed E-state index contributed by atoms with van der Waals surface area (Å²) in [7, 11) is 0. The lowest BCUT2D eigenvalue weighted by atomic mass is 10.0. The van der Waals surface area contributed by atoms with Crippen molar-refractivity contribution in [3.8, 4) is 0 Å². The molecule has 90 valence electrons. The van der Waals surface area contributed by atoms with Crippen LogP contribution in [0.3, 0.4) is 0 Å². The first-order chi connectivity index (χ1) is 7.56. The van der Waals surface area contributed by atoms with Crippen LogP contribution in [0, 0.1) is 6.92 Å². The fourth-order valence-electron chi connectivity index (χ4n) is 1.15. The smallest absolute Gasteiger partial charge is 0.271 e. The number of halogens is 2. The highest BCUT2D eigenvalue weighted by molar-refractivity contribution is 9.09. The summed E-state index contributed by atoms with van der Waals surface area (Å²) in [5.74, 6) is -0.106. The molecule has 0 saturated carbocycles. The number of thiazole rings is 1. The monoisotopic (exact) mass is 368 g/mol. The van der Waals surface area contributed by atoms with Crippen LogP contribution in [0.2, 0.25) is 0 Å². The summed E-state index contributed by atoms with van der Waals surface area (Å²) in [6.07, 6.45) is 0.859. The van der Waals surface area contributed by atoms with E-state index in [-0.39, 0.29) is 11.4 Å². The van der Waals surface area contributed by atoms with Crippen LogP contribution in [0.5, 0.6) is 0 Å². The molecular weight excluding hydrogens is 356 g/mol. The van der Waals surface area contributed by atoms with Crippen molar-refractivity contribution in [2.75, 3.05) is 10.7 Å². The van der Waals surface area contributed by atoms with E-state index < -0.39 is 0 Å². The van der Waals surface area contributed by atoms with Gasteiger partial charge in [-0.3, -0.25) is 4.79 Å². The Bertz CT molecular complexity index is 355. The molecule has 3 nitrogen and oxygen atoms in total. The van der Waals surface area contributed by atoms with Gasteiger partial charge in [0.05, 0.1) is 10.5 Å². The van der Waals surface area contributed by atoms with Gasteiger partial charge in [-0.15, -0.1) is 11.3 Å². The van der Waals surface area contributed by atoms with Gasteiger partial charge in [0.1, 0.15) is 5.69 Å². The number of hydrogen-bond donors (Lipinski definition) is 1. The van der Waals surface area contributed by atoms with E-state index in [1.165, 1.54) is 11.3 Å². The van der Waals surface area contributed by atoms with Gasteiger partial charge in [-0.05, 0) is 13.3 Å². The normalized spacial score (nSPS) is 11.5. The molecule has 1 N–H and O–H groups in total. The SMILES string of the molecule is CCC(CBr)(CBr)NC(=O)c1csc(C)n1. The number of carbonyl (C=O) groups is 1. The topological polar surface area (TPSA) is 42.0 Å². The molecule has 1 aromatic rings. The van der Waals surface area contributed by atoms with Crippen LogP contribution < -0.4 is 5.32 Å². The average Bonchev–Trinajstić information content (AvgIpc) is 2.73. The summed E-state index contributed by atoms with van der Waals surface area (Å²) in [5, 5.41) is 7.15. The van der Waals surface area contributed by atoms with Crippen molar-refractivity contribution in [2.24, 2.45) is 0 Å². The highest BCUT2D eigenvalue weighted by Crippen LogP contribution is 2.18. The maximum Gasteiger partial charge on any atom is 0.271 e. The molecular formula is C10H14Br2N2OS. The second-order valence-corrected chi connectivity index (χ2v) is 5.79. The van der Waals surface area contributed by atoms with Gasteiger partial charge in [-0.2, -0.15) is 0 Å². The van der Waals surface area contributed by atoms with Crippen molar-refractivity contribution in [3.05, 3.63) is 16.1 Å². The van der Waals surface area contributed by atoms with Crippen LogP contribution in [-0.4, -0.2) is 27.1 Å². The summed E-state index contributed by atoms with van der Waals surface area (Å²) in [6, 6.07) is 0. The third-order valence-corrected chi connectivity index (χ3v) is 5.34. The number of rotatable bonds is 5. The first kappa shape index (κ1) is 14.1. The lowest BCUT2D eigenvalue weighted by Crippen LogP contribution is -2.51. The molecule has 0 aliphatic heterocycles. The zero-order valence-electron chi connectivity index (χ0n) is 9.22. The minimum Gasteiger partial charge on any atom is -0.344 e. The molecule has 6 heteroatoms. The van der Waals surface area contributed by atoms with Crippen molar-refractivity contribution in [1.82, 2.24) is 10.3 Å². The second-order valence-electron chi connectivity index (χ2n) is 3.61. The van der Waals surface area contributed by atoms with E-state index in [0.717, 1.165) is 22.1 Å². The van der Waals surface area contributed by atoms with Gasteiger partial charge >= 0.3 is 0 Å². The number of amides is 1. The minimum atomic E-state index is -0.241. The summed E-state index contributed by atoms with van der Waals surface area (Å²) in [6.45, 7) is 3.94. The van der Waals surface area contributed by atoms with Crippen molar-refractivity contribution in [1.29, 1.82) is 0 Å². The molecule has 0 spiro atoms. The van der Waals surface area contributed by atoms with Gasteiger partial charge in [0.25, 0.3) is 5.91 Å². The highest BCUT2D eigenvalue weighted by Gasteiger charge is 2.28. The highest BCUT2D eigenvalue weighted by atomic mass is 79.9. The molecule has 0 bridgehead atoms. The minimum absolute atomic E-state index is 0.106. The summed E-state index contributed by atoms with van der Waals surface area (Å²) in [5.41, 5.74) is 0.261. The van der Waals surface area contributed by atoms with Crippen LogP contribution in [-0.2, 0) is 0 Å². The number of nitrogens with one attached hydrogen (secondary N) is 1. The maximum atomic E-state index is 11.9. The zero-order chi connectivity index (χ0) is 12.2. The zero-order valence-corrected chi connectivity index (χ0v) is 13.2. The van der Waals surface area contributed by atoms with Gasteiger partial charge < -0.3 is 5.32 Å². The Morgan fingerprint density at radius 1 is 1.56 bits per heavy atom. The van der Waals surface area contributed by atoms with E-state index in [1.54, 1.807) is 5.38 Å². The summed E-state index contributed by atoms with van der Waals surface area (Å²) in [4.78, 5) is 16.1. The quantitative estimate of drug-likeness (QED) is 0.810. The van der Waals surface area contributed by atoms with E-state index in [4.69, 9.17) is 0 Å². The standard InChI is InChI=1S/C10H14Br2N2OS/c1-3-10(5-11,6-12)14-9(15)8-4-16-7(2)13-8/h4H,3,5-6H2,1-2H3,(H,14,15). The van der Waals surface area contributed by atoms with Crippen LogP contribution in [0.15, 0.2) is 5.38 Å².